The molecule has 8 nitrogen and oxygen atoms in total. The molecule has 1 aliphatic rings. The van der Waals surface area contributed by atoms with Crippen LogP contribution in [0.2, 0.25) is 0 Å². The van der Waals surface area contributed by atoms with E-state index < -0.39 is 0 Å². The van der Waals surface area contributed by atoms with Crippen LogP contribution in [0.4, 0.5) is 0 Å². The van der Waals surface area contributed by atoms with Crippen LogP contribution in [0.5, 0.6) is 11.5 Å². The zero-order chi connectivity index (χ0) is 22.8. The van der Waals surface area contributed by atoms with E-state index >= 15 is 0 Å². The van der Waals surface area contributed by atoms with E-state index in [1.165, 1.54) is 11.8 Å². The van der Waals surface area contributed by atoms with Crippen LogP contribution in [0.15, 0.2) is 70.4 Å². The molecule has 1 aliphatic heterocycles. The Bertz CT molecular complexity index is 1280. The summed E-state index contributed by atoms with van der Waals surface area (Å²) in [6, 6.07) is 17.3. The smallest absolute Gasteiger partial charge is 0.233 e. The molecule has 0 bridgehead atoms. The van der Waals surface area contributed by atoms with Crippen molar-refractivity contribution < 1.29 is 18.7 Å². The molecule has 5 rings (SSSR count). The molecule has 1 unspecified atom stereocenters. The van der Waals surface area contributed by atoms with E-state index in [2.05, 4.69) is 15.5 Å². The first-order valence-electron chi connectivity index (χ1n) is 10.5. The average molecular weight is 463 g/mol. The number of benzene rings is 2. The van der Waals surface area contributed by atoms with Crippen LogP contribution in [-0.4, -0.2) is 32.7 Å². The number of furan rings is 1. The number of thioether (sulfide) groups is 1. The lowest BCUT2D eigenvalue weighted by atomic mass is 10.2. The van der Waals surface area contributed by atoms with Crippen molar-refractivity contribution in [2.45, 2.75) is 30.8 Å². The van der Waals surface area contributed by atoms with Gasteiger partial charge in [-0.15, -0.1) is 10.2 Å². The third kappa shape index (κ3) is 4.31. The number of ether oxygens (including phenoxy) is 2. The Balaban J connectivity index is 1.33. The second-order valence-electron chi connectivity index (χ2n) is 7.53. The van der Waals surface area contributed by atoms with Crippen molar-refractivity contribution in [2.75, 3.05) is 6.79 Å². The largest absolute Gasteiger partial charge is 0.469 e. The zero-order valence-corrected chi connectivity index (χ0v) is 19.0. The molecule has 33 heavy (non-hydrogen) atoms. The quantitative estimate of drug-likeness (QED) is 0.408. The molecule has 0 saturated carbocycles. The highest BCUT2D eigenvalue weighted by Gasteiger charge is 2.23. The highest BCUT2D eigenvalue weighted by atomic mass is 32.2. The number of nitrogens with one attached hydrogen (secondary N) is 1. The standard InChI is InChI=1S/C24H22N4O4S/c1-15-19(10-11-30-15)22-26-27-24(28(22)18-6-4-3-5-7-18)33-16(2)23(29)25-13-17-8-9-20-21(12-17)32-14-31-20/h3-12,16H,13-14H2,1-2H3,(H,25,29). The normalized spacial score (nSPS) is 13.2. The predicted molar refractivity (Wildman–Crippen MR) is 124 cm³/mol. The lowest BCUT2D eigenvalue weighted by Gasteiger charge is -2.14. The third-order valence-corrected chi connectivity index (χ3v) is 6.35. The zero-order valence-electron chi connectivity index (χ0n) is 18.1. The monoisotopic (exact) mass is 462 g/mol. The molecule has 0 aliphatic carbocycles. The fourth-order valence-electron chi connectivity index (χ4n) is 3.54. The molecule has 1 atom stereocenters. The number of carbonyl (C=O) groups excluding carboxylic acids is 1. The second kappa shape index (κ2) is 9.03. The van der Waals surface area contributed by atoms with Gasteiger partial charge in [-0.25, -0.2) is 0 Å². The summed E-state index contributed by atoms with van der Waals surface area (Å²) in [5.41, 5.74) is 2.71. The molecule has 1 amide bonds. The number of fused-ring (bicyclic) bond motifs is 1. The summed E-state index contributed by atoms with van der Waals surface area (Å²) in [6.45, 7) is 4.36. The number of amides is 1. The molecule has 2 aromatic carbocycles. The van der Waals surface area contributed by atoms with Crippen LogP contribution in [0.25, 0.3) is 17.1 Å². The van der Waals surface area contributed by atoms with E-state index in [0.717, 1.165) is 28.3 Å². The fourth-order valence-corrected chi connectivity index (χ4v) is 4.43. The summed E-state index contributed by atoms with van der Waals surface area (Å²) >= 11 is 1.35. The number of carbonyl (C=O) groups is 1. The number of para-hydroxylation sites is 1. The van der Waals surface area contributed by atoms with E-state index in [0.29, 0.717) is 23.3 Å². The van der Waals surface area contributed by atoms with Crippen molar-refractivity contribution in [3.05, 3.63) is 72.2 Å². The molecule has 0 radical (unpaired) electrons. The Morgan fingerprint density at radius 3 is 2.73 bits per heavy atom. The minimum Gasteiger partial charge on any atom is -0.469 e. The van der Waals surface area contributed by atoms with E-state index in [-0.39, 0.29) is 18.0 Å². The topological polar surface area (TPSA) is 91.4 Å². The van der Waals surface area contributed by atoms with Crippen LogP contribution >= 0.6 is 11.8 Å². The van der Waals surface area contributed by atoms with Crippen LogP contribution < -0.4 is 14.8 Å². The Kier molecular flexibility index (Phi) is 5.78. The summed E-state index contributed by atoms with van der Waals surface area (Å²) in [5.74, 6) is 2.75. The number of hydrogen-bond acceptors (Lipinski definition) is 7. The van der Waals surface area contributed by atoms with Gasteiger partial charge in [-0.2, -0.15) is 0 Å². The molecule has 0 fully saturated rings. The van der Waals surface area contributed by atoms with Crippen LogP contribution in [-0.2, 0) is 11.3 Å². The maximum absolute atomic E-state index is 12.8. The Hall–Kier alpha value is -3.72. The van der Waals surface area contributed by atoms with Gasteiger partial charge in [0.05, 0.1) is 17.1 Å². The molecule has 0 spiro atoms. The molecule has 4 aromatic rings. The number of aromatic nitrogens is 3. The minimum atomic E-state index is -0.385. The second-order valence-corrected chi connectivity index (χ2v) is 8.84. The molecule has 0 saturated heterocycles. The maximum atomic E-state index is 12.8. The maximum Gasteiger partial charge on any atom is 0.233 e. The number of hydrogen-bond donors (Lipinski definition) is 1. The average Bonchev–Trinajstić information content (AvgIpc) is 3.57. The first kappa shape index (κ1) is 21.1. The minimum absolute atomic E-state index is 0.0960. The first-order chi connectivity index (χ1) is 16.1. The van der Waals surface area contributed by atoms with Gasteiger partial charge < -0.3 is 19.2 Å². The summed E-state index contributed by atoms with van der Waals surface area (Å²) in [6.07, 6.45) is 1.63. The van der Waals surface area contributed by atoms with Gasteiger partial charge in [-0.3, -0.25) is 9.36 Å². The highest BCUT2D eigenvalue weighted by molar-refractivity contribution is 8.00. The van der Waals surface area contributed by atoms with Crippen molar-refractivity contribution >= 4 is 17.7 Å². The highest BCUT2D eigenvalue weighted by Crippen LogP contribution is 2.33. The van der Waals surface area contributed by atoms with Gasteiger partial charge in [0.2, 0.25) is 12.7 Å². The first-order valence-corrected chi connectivity index (χ1v) is 11.4. The van der Waals surface area contributed by atoms with E-state index in [1.54, 1.807) is 6.26 Å². The molecule has 3 heterocycles. The lowest BCUT2D eigenvalue weighted by molar-refractivity contribution is -0.120. The summed E-state index contributed by atoms with van der Waals surface area (Å²) in [7, 11) is 0. The number of rotatable bonds is 7. The third-order valence-electron chi connectivity index (χ3n) is 5.30. The molecule has 1 N–H and O–H groups in total. The van der Waals surface area contributed by atoms with Crippen molar-refractivity contribution in [2.24, 2.45) is 0 Å². The predicted octanol–water partition coefficient (Wildman–Crippen LogP) is 4.36. The Morgan fingerprint density at radius 2 is 1.94 bits per heavy atom. The van der Waals surface area contributed by atoms with Gasteiger partial charge in [-0.05, 0) is 49.7 Å². The Labute approximate surface area is 194 Å². The number of nitrogens with zero attached hydrogens (tertiary/aromatic N) is 3. The van der Waals surface area contributed by atoms with E-state index in [4.69, 9.17) is 13.9 Å². The van der Waals surface area contributed by atoms with Crippen molar-refractivity contribution in [3.8, 4) is 28.6 Å². The van der Waals surface area contributed by atoms with Crippen molar-refractivity contribution in [3.63, 3.8) is 0 Å². The van der Waals surface area contributed by atoms with Gasteiger partial charge >= 0.3 is 0 Å². The van der Waals surface area contributed by atoms with Crippen LogP contribution in [0.1, 0.15) is 18.2 Å². The van der Waals surface area contributed by atoms with Gasteiger partial charge in [0.25, 0.3) is 0 Å². The van der Waals surface area contributed by atoms with Crippen molar-refractivity contribution in [1.82, 2.24) is 20.1 Å². The summed E-state index contributed by atoms with van der Waals surface area (Å²) in [5, 5.41) is 12.0. The lowest BCUT2D eigenvalue weighted by Crippen LogP contribution is -2.30. The van der Waals surface area contributed by atoms with Gasteiger partial charge in [0, 0.05) is 12.2 Å². The van der Waals surface area contributed by atoms with Crippen LogP contribution in [0, 0.1) is 6.92 Å². The van der Waals surface area contributed by atoms with Gasteiger partial charge in [0.15, 0.2) is 22.5 Å². The summed E-state index contributed by atoms with van der Waals surface area (Å²) < 4.78 is 18.2. The van der Waals surface area contributed by atoms with Crippen molar-refractivity contribution in [1.29, 1.82) is 0 Å². The van der Waals surface area contributed by atoms with E-state index in [1.807, 2.05) is 73.0 Å². The number of aryl methyl sites for hydroxylation is 1. The summed E-state index contributed by atoms with van der Waals surface area (Å²) in [4.78, 5) is 12.8. The van der Waals surface area contributed by atoms with Gasteiger partial charge in [0.1, 0.15) is 5.76 Å². The fraction of sp³-hybridized carbons (Fsp3) is 0.208. The van der Waals surface area contributed by atoms with Gasteiger partial charge in [-0.1, -0.05) is 36.0 Å². The molecular weight excluding hydrogens is 440 g/mol. The molecule has 168 valence electrons. The molecule has 2 aromatic heterocycles. The Morgan fingerprint density at radius 1 is 1.12 bits per heavy atom. The molecule has 9 heteroatoms. The molecular formula is C24H22N4O4S. The SMILES string of the molecule is Cc1occc1-c1nnc(SC(C)C(=O)NCc2ccc3c(c2)OCO3)n1-c1ccccc1. The van der Waals surface area contributed by atoms with Crippen LogP contribution in [0.3, 0.4) is 0 Å². The van der Waals surface area contributed by atoms with E-state index in [9.17, 15) is 4.79 Å².